The molecule has 1 aliphatic rings. The number of halogens is 1. The van der Waals surface area contributed by atoms with E-state index in [1.54, 1.807) is 13.0 Å². The van der Waals surface area contributed by atoms with Crippen LogP contribution in [-0.4, -0.2) is 23.8 Å². The molecule has 1 aromatic rings. The summed E-state index contributed by atoms with van der Waals surface area (Å²) in [7, 11) is 0. The lowest BCUT2D eigenvalue weighted by molar-refractivity contribution is -0.00906. The topological polar surface area (TPSA) is 32.3 Å². The molecule has 3 heteroatoms. The van der Waals surface area contributed by atoms with E-state index >= 15 is 0 Å². The van der Waals surface area contributed by atoms with Crippen molar-refractivity contribution in [2.45, 2.75) is 18.9 Å². The highest BCUT2D eigenvalue weighted by molar-refractivity contribution is 5.25. The van der Waals surface area contributed by atoms with E-state index in [0.717, 1.165) is 5.56 Å². The van der Waals surface area contributed by atoms with Crippen LogP contribution in [0.5, 0.6) is 0 Å². The third-order valence-electron chi connectivity index (χ3n) is 2.68. The predicted octanol–water partition coefficient (Wildman–Crippen LogP) is 1.01. The van der Waals surface area contributed by atoms with Crippen LogP contribution in [0.1, 0.15) is 11.1 Å². The molecular formula is C11H14FNO. The van der Waals surface area contributed by atoms with Gasteiger partial charge in [0.15, 0.2) is 0 Å². The second-order valence-electron chi connectivity index (χ2n) is 4.09. The van der Waals surface area contributed by atoms with Gasteiger partial charge in [0.05, 0.1) is 5.60 Å². The zero-order chi connectivity index (χ0) is 10.2. The van der Waals surface area contributed by atoms with Crippen molar-refractivity contribution in [2.24, 2.45) is 0 Å². The maximum atomic E-state index is 13.2. The highest BCUT2D eigenvalue weighted by atomic mass is 19.1. The summed E-state index contributed by atoms with van der Waals surface area (Å²) in [4.78, 5) is 0. The third kappa shape index (κ3) is 1.79. The maximum absolute atomic E-state index is 13.2. The van der Waals surface area contributed by atoms with Gasteiger partial charge in [-0.05, 0) is 24.1 Å². The Kier molecular flexibility index (Phi) is 2.29. The van der Waals surface area contributed by atoms with Crippen LogP contribution < -0.4 is 5.32 Å². The van der Waals surface area contributed by atoms with Crippen molar-refractivity contribution in [3.8, 4) is 0 Å². The highest BCUT2D eigenvalue weighted by Crippen LogP contribution is 2.19. The highest BCUT2D eigenvalue weighted by Gasteiger charge is 2.34. The molecule has 1 fully saturated rings. The molecule has 0 radical (unpaired) electrons. The first-order valence-electron chi connectivity index (χ1n) is 4.77. The largest absolute Gasteiger partial charge is 0.387 e. The first-order chi connectivity index (χ1) is 6.59. The summed E-state index contributed by atoms with van der Waals surface area (Å²) < 4.78 is 13.2. The molecule has 2 nitrogen and oxygen atoms in total. The summed E-state index contributed by atoms with van der Waals surface area (Å²) in [6, 6.07) is 5.13. The molecule has 0 unspecified atom stereocenters. The van der Waals surface area contributed by atoms with Gasteiger partial charge in [0.1, 0.15) is 5.82 Å². The lowest BCUT2D eigenvalue weighted by Gasteiger charge is -2.37. The van der Waals surface area contributed by atoms with Gasteiger partial charge in [-0.2, -0.15) is 0 Å². The van der Waals surface area contributed by atoms with Crippen LogP contribution in [0.25, 0.3) is 0 Å². The van der Waals surface area contributed by atoms with Gasteiger partial charge in [0, 0.05) is 19.5 Å². The fourth-order valence-electron chi connectivity index (χ4n) is 1.66. The molecule has 1 aliphatic heterocycles. The lowest BCUT2D eigenvalue weighted by Crippen LogP contribution is -2.60. The fourth-order valence-corrected chi connectivity index (χ4v) is 1.66. The molecule has 2 N–H and O–H groups in total. The molecule has 1 heterocycles. The van der Waals surface area contributed by atoms with Gasteiger partial charge in [0.2, 0.25) is 0 Å². The molecule has 0 spiro atoms. The molecule has 0 amide bonds. The average Bonchev–Trinajstić information content (AvgIpc) is 2.09. The Hall–Kier alpha value is -0.930. The molecule has 0 atom stereocenters. The Bertz CT molecular complexity index is 347. The smallest absolute Gasteiger partial charge is 0.126 e. The number of aryl methyl sites for hydroxylation is 1. The summed E-state index contributed by atoms with van der Waals surface area (Å²) in [5.74, 6) is -0.196. The zero-order valence-electron chi connectivity index (χ0n) is 8.18. The van der Waals surface area contributed by atoms with E-state index in [1.807, 2.05) is 6.07 Å². The molecule has 14 heavy (non-hydrogen) atoms. The normalized spacial score (nSPS) is 19.1. The second-order valence-corrected chi connectivity index (χ2v) is 4.09. The molecule has 2 rings (SSSR count). The molecule has 0 saturated carbocycles. The van der Waals surface area contributed by atoms with Crippen LogP contribution in [-0.2, 0) is 6.42 Å². The van der Waals surface area contributed by atoms with E-state index in [0.29, 0.717) is 25.1 Å². The first-order valence-corrected chi connectivity index (χ1v) is 4.77. The van der Waals surface area contributed by atoms with Crippen LogP contribution >= 0.6 is 0 Å². The number of β-amino-alcohol motifs (C(OH)–C–C–N with tert-alkyl or cyclic N) is 1. The van der Waals surface area contributed by atoms with Gasteiger partial charge >= 0.3 is 0 Å². The van der Waals surface area contributed by atoms with Crippen molar-refractivity contribution in [1.29, 1.82) is 0 Å². The Morgan fingerprint density at radius 3 is 2.71 bits per heavy atom. The van der Waals surface area contributed by atoms with E-state index in [2.05, 4.69) is 5.32 Å². The number of nitrogens with one attached hydrogen (secondary N) is 1. The predicted molar refractivity (Wildman–Crippen MR) is 52.7 cm³/mol. The standard InChI is InChI=1S/C11H14FNO/c1-8-2-3-9(4-10(8)12)5-11(14)6-13-7-11/h2-4,13-14H,5-7H2,1H3. The minimum Gasteiger partial charge on any atom is -0.387 e. The molecule has 76 valence electrons. The van der Waals surface area contributed by atoms with E-state index in [4.69, 9.17) is 0 Å². The zero-order valence-corrected chi connectivity index (χ0v) is 8.18. The number of aliphatic hydroxyl groups is 1. The van der Waals surface area contributed by atoms with Gasteiger partial charge in [0.25, 0.3) is 0 Å². The van der Waals surface area contributed by atoms with Crippen LogP contribution in [0, 0.1) is 12.7 Å². The summed E-state index contributed by atoms with van der Waals surface area (Å²) in [6.07, 6.45) is 0.525. The van der Waals surface area contributed by atoms with E-state index in [1.165, 1.54) is 6.07 Å². The SMILES string of the molecule is Cc1ccc(CC2(O)CNC2)cc1F. The Morgan fingerprint density at radius 1 is 1.50 bits per heavy atom. The average molecular weight is 195 g/mol. The Balaban J connectivity index is 2.13. The van der Waals surface area contributed by atoms with Gasteiger partial charge in [-0.15, -0.1) is 0 Å². The molecule has 0 aliphatic carbocycles. The van der Waals surface area contributed by atoms with Gasteiger partial charge in [-0.25, -0.2) is 4.39 Å². The molecule has 1 aromatic carbocycles. The van der Waals surface area contributed by atoms with Crippen LogP contribution in [0.2, 0.25) is 0 Å². The summed E-state index contributed by atoms with van der Waals surface area (Å²) in [6.45, 7) is 2.93. The Morgan fingerprint density at radius 2 is 2.21 bits per heavy atom. The maximum Gasteiger partial charge on any atom is 0.126 e. The van der Waals surface area contributed by atoms with Gasteiger partial charge in [-0.1, -0.05) is 12.1 Å². The number of hydrogen-bond acceptors (Lipinski definition) is 2. The van der Waals surface area contributed by atoms with Crippen LogP contribution in [0.4, 0.5) is 4.39 Å². The summed E-state index contributed by atoms with van der Waals surface area (Å²) >= 11 is 0. The minimum absolute atomic E-state index is 0.196. The van der Waals surface area contributed by atoms with Crippen molar-refractivity contribution in [1.82, 2.24) is 5.32 Å². The van der Waals surface area contributed by atoms with Crippen molar-refractivity contribution in [3.05, 3.63) is 35.1 Å². The quantitative estimate of drug-likeness (QED) is 0.738. The monoisotopic (exact) mass is 195 g/mol. The summed E-state index contributed by atoms with van der Waals surface area (Å²) in [5, 5.41) is 12.8. The van der Waals surface area contributed by atoms with Gasteiger partial charge in [-0.3, -0.25) is 0 Å². The summed E-state index contributed by atoms with van der Waals surface area (Å²) in [5.41, 5.74) is 0.839. The molecule has 0 bridgehead atoms. The van der Waals surface area contributed by atoms with Crippen molar-refractivity contribution >= 4 is 0 Å². The van der Waals surface area contributed by atoms with Crippen molar-refractivity contribution in [2.75, 3.05) is 13.1 Å². The van der Waals surface area contributed by atoms with E-state index in [-0.39, 0.29) is 5.82 Å². The van der Waals surface area contributed by atoms with Crippen molar-refractivity contribution < 1.29 is 9.50 Å². The van der Waals surface area contributed by atoms with Crippen LogP contribution in [0.3, 0.4) is 0 Å². The lowest BCUT2D eigenvalue weighted by atomic mass is 9.89. The Labute approximate surface area is 82.8 Å². The van der Waals surface area contributed by atoms with Gasteiger partial charge < -0.3 is 10.4 Å². The minimum atomic E-state index is -0.665. The molecule has 1 saturated heterocycles. The molecule has 0 aromatic heterocycles. The number of hydrogen-bond donors (Lipinski definition) is 2. The van der Waals surface area contributed by atoms with E-state index < -0.39 is 5.60 Å². The fraction of sp³-hybridized carbons (Fsp3) is 0.455. The van der Waals surface area contributed by atoms with Crippen LogP contribution in [0.15, 0.2) is 18.2 Å². The van der Waals surface area contributed by atoms with E-state index in [9.17, 15) is 9.50 Å². The first kappa shape index (κ1) is 9.62. The molecular weight excluding hydrogens is 181 g/mol. The number of benzene rings is 1. The number of rotatable bonds is 2. The third-order valence-corrected chi connectivity index (χ3v) is 2.68. The van der Waals surface area contributed by atoms with Crippen molar-refractivity contribution in [3.63, 3.8) is 0 Å². The second kappa shape index (κ2) is 3.33.